The fraction of sp³-hybridized carbons (Fsp3) is 0.174. The van der Waals surface area contributed by atoms with Crippen molar-refractivity contribution in [3.05, 3.63) is 96.1 Å². The van der Waals surface area contributed by atoms with Gasteiger partial charge in [0.1, 0.15) is 22.8 Å². The highest BCUT2D eigenvalue weighted by molar-refractivity contribution is 6.14. The molecule has 0 N–H and O–H groups in total. The van der Waals surface area contributed by atoms with E-state index in [0.717, 1.165) is 28.3 Å². The number of rotatable bonds is 5. The van der Waals surface area contributed by atoms with E-state index < -0.39 is 0 Å². The first-order valence-corrected chi connectivity index (χ1v) is 8.67. The van der Waals surface area contributed by atoms with Gasteiger partial charge in [0.25, 0.3) is 0 Å². The Morgan fingerprint density at radius 2 is 1.31 bits per heavy atom. The second kappa shape index (κ2) is 7.87. The quantitative estimate of drug-likeness (QED) is 0.416. The summed E-state index contributed by atoms with van der Waals surface area (Å²) in [5.74, 6) is 1.52. The Hall–Kier alpha value is -3.07. The van der Waals surface area contributed by atoms with Crippen LogP contribution in [-0.4, -0.2) is 11.3 Å². The Balaban J connectivity index is 2.04. The zero-order chi connectivity index (χ0) is 18.4. The predicted molar refractivity (Wildman–Crippen MR) is 106 cm³/mol. The highest BCUT2D eigenvalue weighted by atomic mass is 16.6. The van der Waals surface area contributed by atoms with Crippen LogP contribution in [0.25, 0.3) is 0 Å². The second-order valence-corrected chi connectivity index (χ2v) is 6.92. The molecule has 0 heterocycles. The van der Waals surface area contributed by atoms with Crippen LogP contribution in [-0.2, 0) is 4.84 Å². The van der Waals surface area contributed by atoms with Gasteiger partial charge in [-0.15, -0.1) is 0 Å². The average Bonchev–Trinajstić information content (AvgIpc) is 2.64. The monoisotopic (exact) mass is 345 g/mol. The zero-order valence-corrected chi connectivity index (χ0v) is 15.3. The van der Waals surface area contributed by atoms with Crippen LogP contribution < -0.4 is 4.74 Å². The molecular weight excluding hydrogens is 322 g/mol. The molecule has 0 saturated heterocycles. The van der Waals surface area contributed by atoms with Crippen LogP contribution in [0.1, 0.15) is 31.9 Å². The maximum absolute atomic E-state index is 6.11. The molecule has 0 aliphatic carbocycles. The minimum absolute atomic E-state index is 0.380. The van der Waals surface area contributed by atoms with Crippen LogP contribution in [0.3, 0.4) is 0 Å². The predicted octanol–water partition coefficient (Wildman–Crippen LogP) is 6.05. The molecule has 0 atom stereocenters. The minimum atomic E-state index is -0.380. The van der Waals surface area contributed by atoms with Gasteiger partial charge in [-0.1, -0.05) is 65.8 Å². The maximum atomic E-state index is 6.11. The van der Waals surface area contributed by atoms with Crippen LogP contribution in [0.2, 0.25) is 0 Å². The lowest BCUT2D eigenvalue weighted by Gasteiger charge is -2.18. The van der Waals surface area contributed by atoms with E-state index >= 15 is 0 Å². The SMILES string of the molecule is CC(C)(C)O/N=C(\c1ccccc1)c1ccccc1Oc1ccccc1. The van der Waals surface area contributed by atoms with Crippen molar-refractivity contribution < 1.29 is 9.57 Å². The van der Waals surface area contributed by atoms with Crippen LogP contribution in [0.5, 0.6) is 11.5 Å². The topological polar surface area (TPSA) is 30.8 Å². The molecule has 0 aliphatic heterocycles. The number of hydrogen-bond acceptors (Lipinski definition) is 3. The Kier molecular flexibility index (Phi) is 5.37. The molecule has 132 valence electrons. The molecule has 0 aromatic heterocycles. The summed E-state index contributed by atoms with van der Waals surface area (Å²) < 4.78 is 6.11. The Morgan fingerprint density at radius 3 is 1.96 bits per heavy atom. The summed E-state index contributed by atoms with van der Waals surface area (Å²) in [6.07, 6.45) is 0. The lowest BCUT2D eigenvalue weighted by atomic mass is 10.0. The zero-order valence-electron chi connectivity index (χ0n) is 15.3. The van der Waals surface area contributed by atoms with E-state index in [0.29, 0.717) is 0 Å². The van der Waals surface area contributed by atoms with Crippen molar-refractivity contribution in [2.24, 2.45) is 5.16 Å². The Morgan fingerprint density at radius 1 is 0.731 bits per heavy atom. The van der Waals surface area contributed by atoms with Crippen molar-refractivity contribution >= 4 is 5.71 Å². The first-order valence-electron chi connectivity index (χ1n) is 8.67. The van der Waals surface area contributed by atoms with Crippen molar-refractivity contribution in [3.63, 3.8) is 0 Å². The van der Waals surface area contributed by atoms with Gasteiger partial charge in [0.15, 0.2) is 0 Å². The number of nitrogens with zero attached hydrogens (tertiary/aromatic N) is 1. The van der Waals surface area contributed by atoms with Crippen LogP contribution in [0.4, 0.5) is 0 Å². The third kappa shape index (κ3) is 4.73. The van der Waals surface area contributed by atoms with Crippen molar-refractivity contribution in [3.8, 4) is 11.5 Å². The van der Waals surface area contributed by atoms with E-state index in [-0.39, 0.29) is 5.60 Å². The highest BCUT2D eigenvalue weighted by Crippen LogP contribution is 2.28. The van der Waals surface area contributed by atoms with Gasteiger partial charge in [-0.25, -0.2) is 0 Å². The number of ether oxygens (including phenoxy) is 1. The fourth-order valence-corrected chi connectivity index (χ4v) is 2.40. The van der Waals surface area contributed by atoms with Gasteiger partial charge < -0.3 is 9.57 Å². The number of benzene rings is 3. The molecule has 0 aliphatic rings. The Bertz CT molecular complexity index is 865. The first-order chi connectivity index (χ1) is 12.5. The molecule has 3 rings (SSSR count). The van der Waals surface area contributed by atoms with Crippen molar-refractivity contribution in [1.29, 1.82) is 0 Å². The van der Waals surface area contributed by atoms with Crippen molar-refractivity contribution in [2.75, 3.05) is 0 Å². The molecule has 0 spiro atoms. The summed E-state index contributed by atoms with van der Waals surface area (Å²) in [6.45, 7) is 5.93. The first kappa shape index (κ1) is 17.7. The number of para-hydroxylation sites is 2. The van der Waals surface area contributed by atoms with Crippen LogP contribution in [0, 0.1) is 0 Å². The largest absolute Gasteiger partial charge is 0.457 e. The lowest BCUT2D eigenvalue weighted by molar-refractivity contribution is 0.00115. The van der Waals surface area contributed by atoms with E-state index in [1.165, 1.54) is 0 Å². The molecule has 0 fully saturated rings. The van der Waals surface area contributed by atoms with Gasteiger partial charge in [-0.05, 0) is 45.0 Å². The maximum Gasteiger partial charge on any atom is 0.136 e. The molecule has 3 aromatic rings. The molecular formula is C23H23NO2. The van der Waals surface area contributed by atoms with Gasteiger partial charge in [-0.2, -0.15) is 0 Å². The molecule has 0 amide bonds. The molecule has 0 radical (unpaired) electrons. The molecule has 0 bridgehead atoms. The van der Waals surface area contributed by atoms with Crippen molar-refractivity contribution in [2.45, 2.75) is 26.4 Å². The lowest BCUT2D eigenvalue weighted by Crippen LogP contribution is -2.18. The van der Waals surface area contributed by atoms with E-state index in [4.69, 9.17) is 9.57 Å². The van der Waals surface area contributed by atoms with Gasteiger partial charge in [0, 0.05) is 11.1 Å². The molecule has 0 unspecified atom stereocenters. The fourth-order valence-electron chi connectivity index (χ4n) is 2.40. The third-order valence-electron chi connectivity index (χ3n) is 3.57. The smallest absolute Gasteiger partial charge is 0.136 e. The van der Waals surface area contributed by atoms with Crippen molar-refractivity contribution in [1.82, 2.24) is 0 Å². The summed E-state index contributed by atoms with van der Waals surface area (Å²) in [7, 11) is 0. The van der Waals surface area contributed by atoms with E-state index in [1.54, 1.807) is 0 Å². The van der Waals surface area contributed by atoms with Gasteiger partial charge in [0.05, 0.1) is 0 Å². The van der Waals surface area contributed by atoms with Gasteiger partial charge in [-0.3, -0.25) is 0 Å². The summed E-state index contributed by atoms with van der Waals surface area (Å²) in [4.78, 5) is 5.74. The molecule has 3 nitrogen and oxygen atoms in total. The normalized spacial score (nSPS) is 11.9. The summed E-state index contributed by atoms with van der Waals surface area (Å²) >= 11 is 0. The molecule has 0 saturated carbocycles. The minimum Gasteiger partial charge on any atom is -0.457 e. The van der Waals surface area contributed by atoms with E-state index in [2.05, 4.69) is 5.16 Å². The second-order valence-electron chi connectivity index (χ2n) is 6.92. The summed E-state index contributed by atoms with van der Waals surface area (Å²) in [5.41, 5.74) is 2.22. The van der Waals surface area contributed by atoms with Gasteiger partial charge in [0.2, 0.25) is 0 Å². The highest BCUT2D eigenvalue weighted by Gasteiger charge is 2.17. The summed E-state index contributed by atoms with van der Waals surface area (Å²) in [5, 5.41) is 4.47. The van der Waals surface area contributed by atoms with Crippen LogP contribution >= 0.6 is 0 Å². The van der Waals surface area contributed by atoms with E-state index in [9.17, 15) is 0 Å². The molecule has 3 heteroatoms. The summed E-state index contributed by atoms with van der Waals surface area (Å²) in [6, 6.07) is 27.6. The third-order valence-corrected chi connectivity index (χ3v) is 3.57. The van der Waals surface area contributed by atoms with E-state index in [1.807, 2.05) is 106 Å². The average molecular weight is 345 g/mol. The number of hydrogen-bond donors (Lipinski definition) is 0. The van der Waals surface area contributed by atoms with Crippen LogP contribution in [0.15, 0.2) is 90.1 Å². The molecule has 3 aromatic carbocycles. The number of oxime groups is 1. The van der Waals surface area contributed by atoms with Gasteiger partial charge >= 0.3 is 0 Å². The molecule has 26 heavy (non-hydrogen) atoms. The Labute approximate surface area is 154 Å². The standard InChI is InChI=1S/C23H23NO2/c1-23(2,3)26-24-22(18-12-6-4-7-13-18)20-16-10-11-17-21(20)25-19-14-8-5-9-15-19/h4-17H,1-3H3/b24-22+.